The summed E-state index contributed by atoms with van der Waals surface area (Å²) in [6, 6.07) is 7.45. The summed E-state index contributed by atoms with van der Waals surface area (Å²) in [5, 5.41) is 14.5. The number of hydrogen-bond donors (Lipinski definition) is 2. The number of hydrogen-bond acceptors (Lipinski definition) is 11. The summed E-state index contributed by atoms with van der Waals surface area (Å²) < 4.78 is 14.1. The molecule has 0 spiro atoms. The quantitative estimate of drug-likeness (QED) is 0.179. The molecule has 0 bridgehead atoms. The van der Waals surface area contributed by atoms with Crippen LogP contribution in [0, 0.1) is 25.7 Å². The average molecular weight is 724 g/mol. The molecule has 2 N–H and O–H groups in total. The van der Waals surface area contributed by atoms with Gasteiger partial charge in [0.15, 0.2) is 11.5 Å². The molecule has 1 aliphatic heterocycles. The van der Waals surface area contributed by atoms with Crippen LogP contribution in [0.3, 0.4) is 0 Å². The van der Waals surface area contributed by atoms with Crippen molar-refractivity contribution in [3.05, 3.63) is 89.4 Å². The van der Waals surface area contributed by atoms with Gasteiger partial charge in [-0.2, -0.15) is 10.2 Å². The molecule has 0 radical (unpaired) electrons. The molecule has 2 aliphatic rings. The first-order valence-corrected chi connectivity index (χ1v) is 17.3. The molecule has 15 nitrogen and oxygen atoms in total. The number of methoxy groups -OCH3 is 2. The van der Waals surface area contributed by atoms with Crippen LogP contribution >= 0.6 is 11.6 Å². The first-order chi connectivity index (χ1) is 25.1. The summed E-state index contributed by atoms with van der Waals surface area (Å²) in [4.78, 5) is 43.7. The van der Waals surface area contributed by atoms with Gasteiger partial charge in [0.1, 0.15) is 22.4 Å². The number of carbonyl (C=O) groups excluding carboxylic acids is 2. The van der Waals surface area contributed by atoms with E-state index in [2.05, 4.69) is 45.7 Å². The molecule has 0 aromatic carbocycles. The molecule has 0 unspecified atom stereocenters. The highest BCUT2D eigenvalue weighted by Gasteiger charge is 2.30. The Morgan fingerprint density at radius 3 is 1.71 bits per heavy atom. The van der Waals surface area contributed by atoms with Crippen molar-refractivity contribution in [3.63, 3.8) is 0 Å². The SMILES string of the molecule is COc1cn2nc(C)cc2cc1NC(=O)c1cnc(Cl)cn1.COc1cn2nc(C)cc2cc1NC(=O)c1cnc(N2CC(CCC3CC3)C2)cn1. The topological polar surface area (TPSA) is 166 Å². The minimum atomic E-state index is -0.400. The number of carbonyl (C=O) groups is 2. The molecule has 1 aliphatic carbocycles. The van der Waals surface area contributed by atoms with E-state index in [4.69, 9.17) is 21.1 Å². The second-order valence-electron chi connectivity index (χ2n) is 13.0. The molecule has 268 valence electrons. The molecule has 7 heterocycles. The highest BCUT2D eigenvalue weighted by Crippen LogP contribution is 2.36. The van der Waals surface area contributed by atoms with Gasteiger partial charge in [0.25, 0.3) is 11.8 Å². The van der Waals surface area contributed by atoms with Crippen molar-refractivity contribution in [1.82, 2.24) is 39.2 Å². The van der Waals surface area contributed by atoms with Crippen molar-refractivity contribution >= 4 is 51.6 Å². The van der Waals surface area contributed by atoms with E-state index < -0.39 is 5.91 Å². The number of aromatic nitrogens is 8. The number of pyridine rings is 2. The first-order valence-electron chi connectivity index (χ1n) is 16.9. The van der Waals surface area contributed by atoms with Gasteiger partial charge in [0.2, 0.25) is 0 Å². The number of nitrogens with one attached hydrogen (secondary N) is 2. The predicted molar refractivity (Wildman–Crippen MR) is 196 cm³/mol. The standard InChI is InChI=1S/C22H26N6O2.C14H12ClN5O2/c1-14-7-17-8-18(20(30-2)13-28(17)26-14)25-22(29)19-9-24-21(10-23-19)27-11-16(12-27)6-5-15-3-4-15;1-8-3-9-4-10(12(22-2)7-20(9)19-8)18-14(21)11-5-17-13(15)6-16-11/h7-10,13,15-16H,3-6,11-12H2,1-2H3,(H,25,29);3-7H,1-2H3,(H,18,21). The Kier molecular flexibility index (Phi) is 9.85. The molecule has 1 saturated heterocycles. The number of halogens is 1. The van der Waals surface area contributed by atoms with Crippen LogP contribution in [0.25, 0.3) is 11.0 Å². The summed E-state index contributed by atoms with van der Waals surface area (Å²) in [5.74, 6) is 2.90. The summed E-state index contributed by atoms with van der Waals surface area (Å²) >= 11 is 5.66. The zero-order valence-electron chi connectivity index (χ0n) is 29.2. The Balaban J connectivity index is 0.000000170. The molecular weight excluding hydrogens is 686 g/mol. The smallest absolute Gasteiger partial charge is 0.275 e. The van der Waals surface area contributed by atoms with E-state index in [1.54, 1.807) is 40.8 Å². The maximum Gasteiger partial charge on any atom is 0.275 e. The zero-order chi connectivity index (χ0) is 36.4. The fraction of sp³-hybridized carbons (Fsp3) is 0.333. The van der Waals surface area contributed by atoms with Crippen LogP contribution in [-0.4, -0.2) is 78.3 Å². The van der Waals surface area contributed by atoms with Crippen molar-refractivity contribution in [2.45, 2.75) is 39.5 Å². The fourth-order valence-corrected chi connectivity index (χ4v) is 6.13. The van der Waals surface area contributed by atoms with Crippen LogP contribution in [0.4, 0.5) is 17.2 Å². The lowest BCUT2D eigenvalue weighted by atomic mass is 9.93. The third-order valence-electron chi connectivity index (χ3n) is 8.99. The zero-order valence-corrected chi connectivity index (χ0v) is 30.0. The normalized spacial score (nSPS) is 14.1. The minimum Gasteiger partial charge on any atom is -0.493 e. The van der Waals surface area contributed by atoms with Gasteiger partial charge in [-0.1, -0.05) is 30.9 Å². The van der Waals surface area contributed by atoms with Gasteiger partial charge in [-0.25, -0.2) is 29.0 Å². The van der Waals surface area contributed by atoms with Crippen molar-refractivity contribution in [3.8, 4) is 11.5 Å². The third-order valence-corrected chi connectivity index (χ3v) is 9.18. The Morgan fingerprint density at radius 1 is 0.731 bits per heavy atom. The number of rotatable bonds is 10. The molecule has 16 heteroatoms. The number of anilines is 3. The van der Waals surface area contributed by atoms with Crippen LogP contribution in [0.2, 0.25) is 5.15 Å². The van der Waals surface area contributed by atoms with Gasteiger partial charge in [-0.3, -0.25) is 9.59 Å². The van der Waals surface area contributed by atoms with Crippen LogP contribution in [0.1, 0.15) is 58.0 Å². The van der Waals surface area contributed by atoms with E-state index in [0.29, 0.717) is 22.9 Å². The number of nitrogens with zero attached hydrogens (tertiary/aromatic N) is 9. The maximum atomic E-state index is 12.7. The largest absolute Gasteiger partial charge is 0.493 e. The van der Waals surface area contributed by atoms with E-state index in [0.717, 1.165) is 53.2 Å². The second-order valence-corrected chi connectivity index (χ2v) is 13.4. The van der Waals surface area contributed by atoms with Gasteiger partial charge in [-0.15, -0.1) is 0 Å². The van der Waals surface area contributed by atoms with Crippen molar-refractivity contribution in [2.24, 2.45) is 11.8 Å². The Hall–Kier alpha value is -5.83. The second kappa shape index (κ2) is 14.8. The van der Waals surface area contributed by atoms with Crippen LogP contribution in [0.5, 0.6) is 11.5 Å². The first kappa shape index (κ1) is 34.6. The molecule has 8 rings (SSSR count). The fourth-order valence-electron chi connectivity index (χ4n) is 6.04. The molecule has 6 aromatic rings. The molecular formula is C36H38ClN11O4. The molecule has 6 aromatic heterocycles. The van der Waals surface area contributed by atoms with Gasteiger partial charge in [0, 0.05) is 13.1 Å². The van der Waals surface area contributed by atoms with E-state index in [1.807, 2.05) is 32.0 Å². The number of amides is 2. The lowest BCUT2D eigenvalue weighted by Crippen LogP contribution is -2.47. The number of ether oxygens (including phenoxy) is 2. The van der Waals surface area contributed by atoms with Crippen LogP contribution in [0.15, 0.2) is 61.4 Å². The minimum absolute atomic E-state index is 0.163. The molecule has 0 atom stereocenters. The Morgan fingerprint density at radius 2 is 1.25 bits per heavy atom. The summed E-state index contributed by atoms with van der Waals surface area (Å²) in [7, 11) is 3.09. The summed E-state index contributed by atoms with van der Waals surface area (Å²) in [5.41, 5.74) is 5.01. The maximum absolute atomic E-state index is 12.7. The average Bonchev–Trinajstić information content (AvgIpc) is 3.77. The third kappa shape index (κ3) is 7.89. The molecule has 2 fully saturated rings. The van der Waals surface area contributed by atoms with Crippen LogP contribution in [-0.2, 0) is 0 Å². The monoisotopic (exact) mass is 723 g/mol. The molecule has 2 amide bonds. The van der Waals surface area contributed by atoms with E-state index in [1.165, 1.54) is 51.4 Å². The molecule has 1 saturated carbocycles. The predicted octanol–water partition coefficient (Wildman–Crippen LogP) is 5.67. The number of aryl methyl sites for hydroxylation is 2. The van der Waals surface area contributed by atoms with Crippen molar-refractivity contribution in [2.75, 3.05) is 42.8 Å². The van der Waals surface area contributed by atoms with Crippen LogP contribution < -0.4 is 25.0 Å². The highest BCUT2D eigenvalue weighted by molar-refractivity contribution is 6.29. The van der Waals surface area contributed by atoms with Gasteiger partial charge < -0.3 is 25.0 Å². The van der Waals surface area contributed by atoms with Crippen molar-refractivity contribution < 1.29 is 19.1 Å². The van der Waals surface area contributed by atoms with E-state index >= 15 is 0 Å². The lowest BCUT2D eigenvalue weighted by molar-refractivity contribution is 0.101. The summed E-state index contributed by atoms with van der Waals surface area (Å²) in [6.45, 7) is 5.88. The highest BCUT2D eigenvalue weighted by atomic mass is 35.5. The van der Waals surface area contributed by atoms with E-state index in [-0.39, 0.29) is 22.4 Å². The Bertz CT molecular complexity index is 2230. The van der Waals surface area contributed by atoms with Gasteiger partial charge >= 0.3 is 0 Å². The number of fused-ring (bicyclic) bond motifs is 2. The Labute approximate surface area is 304 Å². The van der Waals surface area contributed by atoms with Gasteiger partial charge in [0.05, 0.1) is 85.2 Å². The van der Waals surface area contributed by atoms with Gasteiger partial charge in [-0.05, 0) is 56.4 Å². The van der Waals surface area contributed by atoms with Crippen molar-refractivity contribution in [1.29, 1.82) is 0 Å². The van der Waals surface area contributed by atoms with E-state index in [9.17, 15) is 9.59 Å². The lowest BCUT2D eigenvalue weighted by Gasteiger charge is -2.40. The summed E-state index contributed by atoms with van der Waals surface area (Å²) in [6.07, 6.45) is 14.8. The molecule has 52 heavy (non-hydrogen) atoms.